The van der Waals surface area contributed by atoms with Gasteiger partial charge in [0.05, 0.1) is 0 Å². The van der Waals surface area contributed by atoms with E-state index in [0.717, 1.165) is 82.1 Å². The summed E-state index contributed by atoms with van der Waals surface area (Å²) in [7, 11) is -9.10. The van der Waals surface area contributed by atoms with Gasteiger partial charge in [0, 0.05) is 73.7 Å². The molecule has 0 saturated heterocycles. The normalized spacial score (nSPS) is 11.9. The van der Waals surface area contributed by atoms with E-state index in [0.29, 0.717) is 32.2 Å². The average Bonchev–Trinajstić information content (AvgIpc) is 0.739. The minimum absolute atomic E-state index is 0.0233. The molecule has 0 saturated carbocycles. The Morgan fingerprint density at radius 3 is 1.14 bits per heavy atom. The van der Waals surface area contributed by atoms with Gasteiger partial charge in [0.2, 0.25) is 21.7 Å². The average molecular weight is 1950 g/mol. The van der Waals surface area contributed by atoms with Crippen LogP contribution in [0.1, 0.15) is 97.6 Å². The number of aromatic hydroxyl groups is 1. The van der Waals surface area contributed by atoms with Crippen molar-refractivity contribution in [1.82, 2.24) is 38.7 Å². The number of fused-ring (bicyclic) bond motifs is 3. The Labute approximate surface area is 784 Å². The van der Waals surface area contributed by atoms with Gasteiger partial charge in [0.15, 0.2) is 45.8 Å². The van der Waals surface area contributed by atoms with Crippen LogP contribution in [-0.4, -0.2) is 124 Å². The van der Waals surface area contributed by atoms with Crippen molar-refractivity contribution in [3.05, 3.63) is 422 Å². The molecule has 0 aliphatic carbocycles. The van der Waals surface area contributed by atoms with Crippen LogP contribution >= 0.6 is 0 Å². The topological polar surface area (TPSA) is 475 Å². The third-order valence-corrected chi connectivity index (χ3v) is 23.4. The Hall–Kier alpha value is -17.9. The molecule has 13 aromatic rings. The summed E-state index contributed by atoms with van der Waals surface area (Å²) >= 11 is 0. The van der Waals surface area contributed by atoms with E-state index in [9.17, 15) is 86.6 Å². The van der Waals surface area contributed by atoms with Crippen LogP contribution in [0.3, 0.4) is 0 Å². The summed E-state index contributed by atoms with van der Waals surface area (Å²) in [5, 5.41) is 12.9. The molecule has 0 fully saturated rings. The highest BCUT2D eigenvalue weighted by atomic mass is 32.2. The molecule has 3 aliphatic rings. The number of hydrogen-bond acceptors (Lipinski definition) is 26. The van der Waals surface area contributed by atoms with Gasteiger partial charge in [-0.1, -0.05) is 164 Å². The molecule has 4 amide bonds. The lowest BCUT2D eigenvalue weighted by molar-refractivity contribution is -0.193. The highest BCUT2D eigenvalue weighted by Gasteiger charge is 2.42. The molecular formula is C95H78F6N12O24S2. The van der Waals surface area contributed by atoms with Crippen molar-refractivity contribution in [2.75, 3.05) is 40.1 Å². The van der Waals surface area contributed by atoms with Crippen molar-refractivity contribution in [2.45, 2.75) is 76.6 Å². The molecule has 0 radical (unpaired) electrons. The second-order valence-corrected chi connectivity index (χ2v) is 32.9. The zero-order chi connectivity index (χ0) is 101. The SMILES string of the molecule is Cc1cn(N)c(C(=O)NCc2ccc(F)cc2)c(OCc2ccccc2)c1=O.Cc1cn2c(c(OCc3ccccc3)c1=O)C(=O)N(Cc1ccc(F)cc1)CN2.Cc1cn2c(c(OCc3ccccc3)c1=O)C(=O)N(Cc1ccc(F)cc1)CN2S(=O)(=O)c1ccccc1F.O=C1c2c(O)c(=O)ccn2N(S(=O)(=O)c2ccccc2F)CN1Cc1ccc(F)cc1.O=C=O.O=C=O.O=C=O.O=C=O. The number of nitrogen functional groups attached to an aromatic ring is 1. The number of halogens is 6. The molecule has 0 spiro atoms. The van der Waals surface area contributed by atoms with Gasteiger partial charge in [-0.25, -0.2) is 35.7 Å². The van der Waals surface area contributed by atoms with Crippen LogP contribution in [0.2, 0.25) is 0 Å². The fourth-order valence-corrected chi connectivity index (χ4v) is 16.3. The number of benzene rings is 9. The Bertz CT molecular complexity index is 7210. The number of ether oxygens (including phenoxy) is 3. The number of pyridine rings is 4. The molecule has 0 atom stereocenters. The van der Waals surface area contributed by atoms with Gasteiger partial charge in [-0.2, -0.15) is 64.0 Å². The molecule has 9 aromatic carbocycles. The van der Waals surface area contributed by atoms with E-state index < -0.39 is 112 Å². The molecule has 36 nitrogen and oxygen atoms in total. The van der Waals surface area contributed by atoms with Crippen molar-refractivity contribution in [3.8, 4) is 23.0 Å². The van der Waals surface area contributed by atoms with E-state index in [1.165, 1.54) is 121 Å². The summed E-state index contributed by atoms with van der Waals surface area (Å²) in [5.74, 6) is -1.45. The van der Waals surface area contributed by atoms with E-state index in [-0.39, 0.29) is 140 Å². The zero-order valence-corrected chi connectivity index (χ0v) is 74.6. The largest absolute Gasteiger partial charge is 0.502 e. The minimum Gasteiger partial charge on any atom is -0.502 e. The summed E-state index contributed by atoms with van der Waals surface area (Å²) in [6.45, 7) is 4.39. The third-order valence-electron chi connectivity index (χ3n) is 20.0. The van der Waals surface area contributed by atoms with Crippen molar-refractivity contribution >= 4 is 68.3 Å². The summed E-state index contributed by atoms with van der Waals surface area (Å²) in [5.41, 5.74) is 6.02. The van der Waals surface area contributed by atoms with Gasteiger partial charge in [-0.15, -0.1) is 0 Å². The number of nitrogens with one attached hydrogen (secondary N) is 2. The second kappa shape index (κ2) is 49.2. The Morgan fingerprint density at radius 1 is 0.403 bits per heavy atom. The summed E-state index contributed by atoms with van der Waals surface area (Å²) < 4.78 is 159. The highest BCUT2D eigenvalue weighted by molar-refractivity contribution is 7.92. The number of amides is 4. The van der Waals surface area contributed by atoms with Crippen LogP contribution in [0, 0.1) is 55.7 Å². The zero-order valence-electron chi connectivity index (χ0n) is 73.0. The van der Waals surface area contributed by atoms with Gasteiger partial charge in [-0.3, -0.25) is 47.7 Å². The minimum atomic E-state index is -4.57. The molecule has 16 rings (SSSR count). The van der Waals surface area contributed by atoms with E-state index in [4.69, 9.17) is 58.4 Å². The monoisotopic (exact) mass is 1950 g/mol. The van der Waals surface area contributed by atoms with Crippen molar-refractivity contribution in [1.29, 1.82) is 0 Å². The van der Waals surface area contributed by atoms with E-state index in [1.807, 2.05) is 66.7 Å². The van der Waals surface area contributed by atoms with Gasteiger partial charge >= 0.3 is 24.6 Å². The molecule has 5 N–H and O–H groups in total. The fraction of sp³-hybridized carbons (Fsp3) is 0.137. The number of aryl methyl sites for hydroxylation is 3. The lowest BCUT2D eigenvalue weighted by Crippen LogP contribution is -2.56. The first kappa shape index (κ1) is 105. The quantitative estimate of drug-likeness (QED) is 0.0363. The highest BCUT2D eigenvalue weighted by Crippen LogP contribution is 2.32. The summed E-state index contributed by atoms with van der Waals surface area (Å²) in [6.07, 6.45) is 6.21. The smallest absolute Gasteiger partial charge is 0.373 e. The van der Waals surface area contributed by atoms with Crippen molar-refractivity contribution < 1.29 is 120 Å². The number of hydrogen-bond donors (Lipinski definition) is 4. The van der Waals surface area contributed by atoms with Gasteiger partial charge in [0.1, 0.15) is 84.5 Å². The Morgan fingerprint density at radius 2 is 0.734 bits per heavy atom. The second-order valence-electron chi connectivity index (χ2n) is 29.3. The summed E-state index contributed by atoms with van der Waals surface area (Å²) in [6, 6.07) is 60.4. The molecule has 0 unspecified atom stereocenters. The van der Waals surface area contributed by atoms with Crippen molar-refractivity contribution in [2.24, 2.45) is 0 Å². The molecule has 7 heterocycles. The van der Waals surface area contributed by atoms with E-state index in [1.54, 1.807) is 78.2 Å². The maximum atomic E-state index is 14.7. The van der Waals surface area contributed by atoms with Crippen LogP contribution < -0.4 is 61.3 Å². The molecule has 716 valence electrons. The number of nitrogens with zero attached hydrogens (tertiary/aromatic N) is 9. The lowest BCUT2D eigenvalue weighted by atomic mass is 10.1. The number of nitrogens with two attached hydrogens (primary N) is 1. The Kier molecular flexibility index (Phi) is 37.1. The van der Waals surface area contributed by atoms with Crippen LogP contribution in [-0.2, 0) is 104 Å². The predicted molar refractivity (Wildman–Crippen MR) is 475 cm³/mol. The van der Waals surface area contributed by atoms with Gasteiger partial charge in [0.25, 0.3) is 43.7 Å². The lowest BCUT2D eigenvalue weighted by Gasteiger charge is -2.39. The van der Waals surface area contributed by atoms with Crippen LogP contribution in [0.5, 0.6) is 23.0 Å². The molecule has 139 heavy (non-hydrogen) atoms. The molecule has 0 bridgehead atoms. The first-order valence-corrected chi connectivity index (χ1v) is 43.3. The van der Waals surface area contributed by atoms with Crippen molar-refractivity contribution in [3.63, 3.8) is 0 Å². The molecule has 44 heteroatoms. The molecule has 4 aromatic heterocycles. The number of sulfonamides is 2. The third kappa shape index (κ3) is 26.8. The van der Waals surface area contributed by atoms with Crippen LogP contribution in [0.15, 0.2) is 296 Å². The maximum absolute atomic E-state index is 14.7. The molecule has 3 aliphatic heterocycles. The van der Waals surface area contributed by atoms with E-state index >= 15 is 0 Å². The first-order chi connectivity index (χ1) is 66.5. The van der Waals surface area contributed by atoms with Gasteiger partial charge in [-0.05, 0) is 133 Å². The number of aromatic nitrogens is 4. The fourth-order valence-electron chi connectivity index (χ4n) is 13.4. The van der Waals surface area contributed by atoms with E-state index in [2.05, 4.69) is 10.7 Å². The number of carbonyl (C=O) groups excluding carboxylic acids is 12. The summed E-state index contributed by atoms with van der Waals surface area (Å²) in [4.78, 5) is 171. The van der Waals surface area contributed by atoms with Crippen LogP contribution in [0.25, 0.3) is 0 Å². The van der Waals surface area contributed by atoms with Crippen LogP contribution in [0.4, 0.5) is 26.3 Å². The first-order valence-electron chi connectivity index (χ1n) is 40.4. The predicted octanol–water partition coefficient (Wildman–Crippen LogP) is 8.94. The maximum Gasteiger partial charge on any atom is 0.373 e. The molecular weight excluding hydrogens is 1870 g/mol. The number of rotatable bonds is 22. The standard InChI is InChI=1S/C28H23F2N3O5S.C22H20FN3O3.C21H20FN3O3.C20H15F2N3O5S.4CO2/c1-19-15-32-25(27(26(19)34)38-17-21-7-3-2-4-8-21)28(35)31(16-20-11-13-22(29)14-12-20)18-33(32)39(36,37)24-10-6-5-9-23(24)30;1-15-11-26-19(21(20(15)27)29-13-17-5-3-2-4-6-17)22(28)25(14-24-26)12-16-7-9-18(23)10-8-16;1-14-12-25(23)18(21(27)24-11-15-7-9-17(22)10-8-15)20(19(14)26)28-13-16-5-3-2-4-6-16;21-14-7-5-13(6-8-14)11-23-12-25(31(29,30)17-4-2-1-3-15(17)22)24-10-9-16(26)19(27)18(24)20(23)28;4*2-1-3/h2-15H,16-18H2,1H3;2-11,24H,12-14H2,1H3;2-10,12H,11,13,23H2,1H3,(H,24,27);1-10,27H,11-12H2;;;;. The Balaban J connectivity index is 0.000000201. The number of carbonyl (C=O) groups is 4. The van der Waals surface area contributed by atoms with Gasteiger partial charge < -0.3 is 50.6 Å².